The van der Waals surface area contributed by atoms with E-state index in [1.54, 1.807) is 11.3 Å². The Morgan fingerprint density at radius 3 is 2.67 bits per heavy atom. The molecule has 0 saturated heterocycles. The van der Waals surface area contributed by atoms with Gasteiger partial charge in [-0.25, -0.2) is 0 Å². The van der Waals surface area contributed by atoms with Crippen LogP contribution in [0.4, 0.5) is 0 Å². The Morgan fingerprint density at radius 2 is 2.00 bits per heavy atom. The minimum atomic E-state index is -0.0531. The number of benzene rings is 1. The Kier molecular flexibility index (Phi) is 5.80. The lowest BCUT2D eigenvalue weighted by molar-refractivity contribution is 0.0610. The van der Waals surface area contributed by atoms with Gasteiger partial charge in [0.15, 0.2) is 0 Å². The summed E-state index contributed by atoms with van der Waals surface area (Å²) in [7, 11) is 4.08. The average Bonchev–Trinajstić information content (AvgIpc) is 3.25. The van der Waals surface area contributed by atoms with E-state index in [0.717, 1.165) is 18.8 Å². The predicted molar refractivity (Wildman–Crippen MR) is 98.1 cm³/mol. The van der Waals surface area contributed by atoms with Crippen LogP contribution in [0.25, 0.3) is 0 Å². The van der Waals surface area contributed by atoms with Crippen LogP contribution in [0.5, 0.6) is 0 Å². The van der Waals surface area contributed by atoms with Crippen LogP contribution in [0, 0.1) is 0 Å². The maximum Gasteiger partial charge on any atom is 0.133 e. The highest BCUT2D eigenvalue weighted by atomic mass is 32.1. The second-order valence-electron chi connectivity index (χ2n) is 5.87. The third kappa shape index (κ3) is 4.32. The summed E-state index contributed by atoms with van der Waals surface area (Å²) in [6.45, 7) is 2.49. The lowest BCUT2D eigenvalue weighted by Gasteiger charge is -2.21. The first-order chi connectivity index (χ1) is 11.7. The molecule has 4 nitrogen and oxygen atoms in total. The van der Waals surface area contributed by atoms with Crippen molar-refractivity contribution in [1.82, 2.24) is 14.7 Å². The van der Waals surface area contributed by atoms with Crippen molar-refractivity contribution in [2.75, 3.05) is 20.2 Å². The maximum atomic E-state index is 6.23. The number of aromatic nitrogens is 2. The molecular weight excluding hydrogens is 318 g/mol. The topological polar surface area (TPSA) is 30.3 Å². The number of ether oxygens (including phenoxy) is 1. The van der Waals surface area contributed by atoms with Crippen LogP contribution in [-0.4, -0.2) is 34.9 Å². The summed E-state index contributed by atoms with van der Waals surface area (Å²) < 4.78 is 8.11. The minimum absolute atomic E-state index is 0.0531. The fourth-order valence-electron chi connectivity index (χ4n) is 2.70. The van der Waals surface area contributed by atoms with Crippen LogP contribution in [0.2, 0.25) is 0 Å². The van der Waals surface area contributed by atoms with E-state index in [9.17, 15) is 0 Å². The second kappa shape index (κ2) is 8.24. The molecule has 2 aromatic heterocycles. The molecule has 0 bridgehead atoms. The first-order valence-electron chi connectivity index (χ1n) is 8.09. The van der Waals surface area contributed by atoms with Gasteiger partial charge in [-0.05, 0) is 30.1 Å². The summed E-state index contributed by atoms with van der Waals surface area (Å²) in [4.78, 5) is 3.49. The van der Waals surface area contributed by atoms with Gasteiger partial charge in [0.1, 0.15) is 6.10 Å². The molecule has 5 heteroatoms. The first-order valence-corrected chi connectivity index (χ1v) is 8.97. The van der Waals surface area contributed by atoms with Gasteiger partial charge in [-0.3, -0.25) is 9.58 Å². The van der Waals surface area contributed by atoms with Crippen LogP contribution in [-0.2, 0) is 18.3 Å². The highest BCUT2D eigenvalue weighted by Crippen LogP contribution is 2.28. The molecule has 126 valence electrons. The summed E-state index contributed by atoms with van der Waals surface area (Å²) in [6.07, 6.45) is 1.77. The van der Waals surface area contributed by atoms with Crippen molar-refractivity contribution in [3.8, 4) is 0 Å². The van der Waals surface area contributed by atoms with E-state index in [2.05, 4.69) is 58.8 Å². The monoisotopic (exact) mass is 341 g/mol. The standard InChI is InChI=1S/C19H23N3OS/c1-21(15-16-7-4-3-5-8-16)12-13-23-19(18-9-6-14-24-18)17-10-11-20-22(17)2/h3-11,14,19H,12-13,15H2,1-2H3/t19-/m1/s1. The van der Waals surface area contributed by atoms with Crippen molar-refractivity contribution < 1.29 is 4.74 Å². The molecule has 2 heterocycles. The SMILES string of the molecule is CN(CCO[C@@H](c1cccs1)c1ccnn1C)Cc1ccccc1. The Morgan fingerprint density at radius 1 is 1.17 bits per heavy atom. The third-order valence-electron chi connectivity index (χ3n) is 3.98. The molecule has 0 amide bonds. The molecular formula is C19H23N3OS. The number of rotatable bonds is 8. The molecule has 0 aliphatic heterocycles. The van der Waals surface area contributed by atoms with Gasteiger partial charge in [0.25, 0.3) is 0 Å². The smallest absolute Gasteiger partial charge is 0.133 e. The van der Waals surface area contributed by atoms with E-state index >= 15 is 0 Å². The van der Waals surface area contributed by atoms with Crippen LogP contribution >= 0.6 is 11.3 Å². The molecule has 0 aliphatic carbocycles. The molecule has 1 aromatic carbocycles. The van der Waals surface area contributed by atoms with Gasteiger partial charge >= 0.3 is 0 Å². The van der Waals surface area contributed by atoms with Gasteiger partial charge in [-0.15, -0.1) is 11.3 Å². The zero-order chi connectivity index (χ0) is 16.8. The lowest BCUT2D eigenvalue weighted by Crippen LogP contribution is -2.24. The van der Waals surface area contributed by atoms with Crippen molar-refractivity contribution in [2.45, 2.75) is 12.6 Å². The van der Waals surface area contributed by atoms with E-state index in [0.29, 0.717) is 6.61 Å². The number of hydrogen-bond donors (Lipinski definition) is 0. The summed E-state index contributed by atoms with van der Waals surface area (Å²) >= 11 is 1.72. The quantitative estimate of drug-likeness (QED) is 0.625. The van der Waals surface area contributed by atoms with Gasteiger partial charge < -0.3 is 4.74 Å². The average molecular weight is 341 g/mol. The molecule has 1 atom stereocenters. The molecule has 0 unspecified atom stereocenters. The fourth-order valence-corrected chi connectivity index (χ4v) is 3.48. The maximum absolute atomic E-state index is 6.23. The zero-order valence-corrected chi connectivity index (χ0v) is 14.9. The van der Waals surface area contributed by atoms with Gasteiger partial charge in [-0.2, -0.15) is 5.10 Å². The minimum Gasteiger partial charge on any atom is -0.365 e. The van der Waals surface area contributed by atoms with Crippen molar-refractivity contribution in [2.24, 2.45) is 7.05 Å². The van der Waals surface area contributed by atoms with Gasteiger partial charge in [0.05, 0.1) is 12.3 Å². The third-order valence-corrected chi connectivity index (χ3v) is 4.90. The number of likely N-dealkylation sites (N-methyl/N-ethyl adjacent to an activating group) is 1. The zero-order valence-electron chi connectivity index (χ0n) is 14.1. The molecule has 0 spiro atoms. The Hall–Kier alpha value is -1.95. The molecule has 0 aliphatic rings. The fraction of sp³-hybridized carbons (Fsp3) is 0.316. The summed E-state index contributed by atoms with van der Waals surface area (Å²) in [5.74, 6) is 0. The van der Waals surface area contributed by atoms with Gasteiger partial charge in [0.2, 0.25) is 0 Å². The van der Waals surface area contributed by atoms with Crippen molar-refractivity contribution >= 4 is 11.3 Å². The Bertz CT molecular complexity index is 724. The van der Waals surface area contributed by atoms with Gasteiger partial charge in [0, 0.05) is 31.2 Å². The van der Waals surface area contributed by atoms with Crippen LogP contribution in [0.3, 0.4) is 0 Å². The predicted octanol–water partition coefficient (Wildman–Crippen LogP) is 3.72. The molecule has 0 saturated carbocycles. The second-order valence-corrected chi connectivity index (χ2v) is 6.85. The lowest BCUT2D eigenvalue weighted by atomic mass is 10.2. The highest BCUT2D eigenvalue weighted by Gasteiger charge is 2.19. The number of hydrogen-bond acceptors (Lipinski definition) is 4. The largest absolute Gasteiger partial charge is 0.365 e. The molecule has 24 heavy (non-hydrogen) atoms. The molecule has 0 N–H and O–H groups in total. The van der Waals surface area contributed by atoms with Gasteiger partial charge in [-0.1, -0.05) is 36.4 Å². The molecule has 3 aromatic rings. The van der Waals surface area contributed by atoms with Crippen LogP contribution < -0.4 is 0 Å². The van der Waals surface area contributed by atoms with Crippen LogP contribution in [0.15, 0.2) is 60.1 Å². The van der Waals surface area contributed by atoms with Crippen LogP contribution in [0.1, 0.15) is 22.2 Å². The van der Waals surface area contributed by atoms with Crippen molar-refractivity contribution in [3.05, 3.63) is 76.2 Å². The molecule has 0 fully saturated rings. The normalized spacial score (nSPS) is 12.6. The number of nitrogens with zero attached hydrogens (tertiary/aromatic N) is 3. The summed E-state index contributed by atoms with van der Waals surface area (Å²) in [5, 5.41) is 6.36. The van der Waals surface area contributed by atoms with E-state index in [-0.39, 0.29) is 6.10 Å². The number of aryl methyl sites for hydroxylation is 1. The Balaban J connectivity index is 1.57. The van der Waals surface area contributed by atoms with E-state index in [1.807, 2.05) is 30.1 Å². The van der Waals surface area contributed by atoms with Crippen molar-refractivity contribution in [1.29, 1.82) is 0 Å². The summed E-state index contributed by atoms with van der Waals surface area (Å²) in [6, 6.07) is 16.7. The van der Waals surface area contributed by atoms with Crippen molar-refractivity contribution in [3.63, 3.8) is 0 Å². The summed E-state index contributed by atoms with van der Waals surface area (Å²) in [5.41, 5.74) is 2.41. The first kappa shape index (κ1) is 16.9. The van der Waals surface area contributed by atoms with E-state index in [4.69, 9.17) is 4.74 Å². The van der Waals surface area contributed by atoms with E-state index in [1.165, 1.54) is 10.4 Å². The highest BCUT2D eigenvalue weighted by molar-refractivity contribution is 7.10. The molecule has 0 radical (unpaired) electrons. The number of thiophene rings is 1. The van der Waals surface area contributed by atoms with E-state index < -0.39 is 0 Å². The Labute approximate surface area is 147 Å². The molecule has 3 rings (SSSR count).